The first kappa shape index (κ1) is 21.4. The van der Waals surface area contributed by atoms with Crippen LogP contribution in [-0.4, -0.2) is 18.9 Å². The molecule has 4 rings (SSSR count). The van der Waals surface area contributed by atoms with Crippen LogP contribution in [0.25, 0.3) is 0 Å². The van der Waals surface area contributed by atoms with Crippen LogP contribution in [-0.2, 0) is 20.9 Å². The molecule has 0 bridgehead atoms. The summed E-state index contributed by atoms with van der Waals surface area (Å²) in [7, 11) is 1.59. The molecule has 0 saturated carbocycles. The van der Waals surface area contributed by atoms with Gasteiger partial charge in [-0.1, -0.05) is 46.3 Å². The first-order valence-corrected chi connectivity index (χ1v) is 11.1. The average Bonchev–Trinajstić information content (AvgIpc) is 2.77. The fourth-order valence-electron chi connectivity index (χ4n) is 4.30. The molecule has 2 aromatic rings. The Hall–Kier alpha value is -2.86. The highest BCUT2D eigenvalue weighted by Gasteiger charge is 2.40. The molecule has 0 saturated heterocycles. The van der Waals surface area contributed by atoms with Gasteiger partial charge >= 0.3 is 5.97 Å². The van der Waals surface area contributed by atoms with Crippen LogP contribution in [0.15, 0.2) is 75.5 Å². The monoisotopic (exact) mass is 481 g/mol. The number of rotatable bonds is 5. The van der Waals surface area contributed by atoms with Gasteiger partial charge in [-0.25, -0.2) is 4.79 Å². The molecule has 31 heavy (non-hydrogen) atoms. The zero-order valence-corrected chi connectivity index (χ0v) is 19.1. The van der Waals surface area contributed by atoms with Crippen molar-refractivity contribution < 1.29 is 19.1 Å². The molecule has 5 nitrogen and oxygen atoms in total. The van der Waals surface area contributed by atoms with Gasteiger partial charge in [0.2, 0.25) is 0 Å². The lowest BCUT2D eigenvalue weighted by molar-refractivity contribution is -0.140. The first-order valence-electron chi connectivity index (χ1n) is 10.3. The number of nitrogens with one attached hydrogen (secondary N) is 1. The Morgan fingerprint density at radius 1 is 1.16 bits per heavy atom. The SMILES string of the molecule is COc1ccc(Br)cc1[C@@H]1C(C(=O)OCc2ccccc2)=C(C)NC2=C1C(=O)CCC2. The van der Waals surface area contributed by atoms with Gasteiger partial charge in [-0.2, -0.15) is 0 Å². The van der Waals surface area contributed by atoms with Crippen molar-refractivity contribution in [2.75, 3.05) is 7.11 Å². The number of benzene rings is 2. The summed E-state index contributed by atoms with van der Waals surface area (Å²) in [4.78, 5) is 26.4. The molecule has 160 valence electrons. The van der Waals surface area contributed by atoms with Crippen LogP contribution in [0.4, 0.5) is 0 Å². The maximum Gasteiger partial charge on any atom is 0.337 e. The fraction of sp³-hybridized carbons (Fsp3) is 0.280. The maximum atomic E-state index is 13.3. The Morgan fingerprint density at radius 3 is 2.68 bits per heavy atom. The summed E-state index contributed by atoms with van der Waals surface area (Å²) in [6.07, 6.45) is 2.05. The number of carbonyl (C=O) groups is 2. The first-order chi connectivity index (χ1) is 15.0. The lowest BCUT2D eigenvalue weighted by atomic mass is 9.75. The fourth-order valence-corrected chi connectivity index (χ4v) is 4.68. The van der Waals surface area contributed by atoms with E-state index in [4.69, 9.17) is 9.47 Å². The lowest BCUT2D eigenvalue weighted by Gasteiger charge is -2.34. The quantitative estimate of drug-likeness (QED) is 0.596. The zero-order chi connectivity index (χ0) is 22.0. The highest BCUT2D eigenvalue weighted by Crippen LogP contribution is 2.45. The molecule has 0 amide bonds. The van der Waals surface area contributed by atoms with Crippen molar-refractivity contribution >= 4 is 27.7 Å². The van der Waals surface area contributed by atoms with Crippen LogP contribution in [0.5, 0.6) is 5.75 Å². The molecule has 1 N–H and O–H groups in total. The number of hydrogen-bond acceptors (Lipinski definition) is 5. The number of ether oxygens (including phenoxy) is 2. The molecule has 0 fully saturated rings. The van der Waals surface area contributed by atoms with E-state index >= 15 is 0 Å². The Bertz CT molecular complexity index is 1090. The van der Waals surface area contributed by atoms with Crippen LogP contribution >= 0.6 is 15.9 Å². The summed E-state index contributed by atoms with van der Waals surface area (Å²) in [5.74, 6) is -0.298. The van der Waals surface area contributed by atoms with Crippen molar-refractivity contribution in [2.24, 2.45) is 0 Å². The second-order valence-electron chi connectivity index (χ2n) is 7.71. The number of dihydropyridines is 1. The van der Waals surface area contributed by atoms with Crippen LogP contribution < -0.4 is 10.1 Å². The smallest absolute Gasteiger partial charge is 0.337 e. The average molecular weight is 482 g/mol. The van der Waals surface area contributed by atoms with Gasteiger partial charge in [-0.3, -0.25) is 4.79 Å². The molecule has 1 aliphatic carbocycles. The number of carbonyl (C=O) groups excluding carboxylic acids is 2. The Labute approximate surface area is 190 Å². The van der Waals surface area contributed by atoms with Gasteiger partial charge in [-0.15, -0.1) is 0 Å². The van der Waals surface area contributed by atoms with E-state index in [0.29, 0.717) is 29.0 Å². The molecule has 2 aromatic carbocycles. The minimum absolute atomic E-state index is 0.0571. The van der Waals surface area contributed by atoms with Gasteiger partial charge < -0.3 is 14.8 Å². The molecule has 0 radical (unpaired) electrons. The van der Waals surface area contributed by atoms with Crippen LogP contribution in [0.2, 0.25) is 0 Å². The summed E-state index contributed by atoms with van der Waals surface area (Å²) in [5, 5.41) is 3.31. The van der Waals surface area contributed by atoms with Gasteiger partial charge in [-0.05, 0) is 43.5 Å². The van der Waals surface area contributed by atoms with E-state index in [1.807, 2.05) is 55.5 Å². The Balaban J connectivity index is 1.78. The highest BCUT2D eigenvalue weighted by atomic mass is 79.9. The molecule has 6 heteroatoms. The number of methoxy groups -OCH3 is 1. The minimum Gasteiger partial charge on any atom is -0.496 e. The van der Waals surface area contributed by atoms with Crippen molar-refractivity contribution in [2.45, 2.75) is 38.7 Å². The molecule has 1 aliphatic heterocycles. The molecular weight excluding hydrogens is 458 g/mol. The van der Waals surface area contributed by atoms with Crippen LogP contribution in [0, 0.1) is 0 Å². The minimum atomic E-state index is -0.542. The largest absolute Gasteiger partial charge is 0.496 e. The molecule has 1 heterocycles. The van der Waals surface area contributed by atoms with E-state index < -0.39 is 11.9 Å². The number of Topliss-reactive ketones (excluding diaryl/α,β-unsaturated/α-hetero) is 1. The third kappa shape index (κ3) is 4.30. The van der Waals surface area contributed by atoms with E-state index in [9.17, 15) is 9.59 Å². The molecule has 0 spiro atoms. The van der Waals surface area contributed by atoms with Crippen LogP contribution in [0.3, 0.4) is 0 Å². The van der Waals surface area contributed by atoms with E-state index in [-0.39, 0.29) is 12.4 Å². The summed E-state index contributed by atoms with van der Waals surface area (Å²) in [6, 6.07) is 15.2. The highest BCUT2D eigenvalue weighted by molar-refractivity contribution is 9.10. The van der Waals surface area contributed by atoms with Crippen molar-refractivity contribution in [3.8, 4) is 5.75 Å². The van der Waals surface area contributed by atoms with Gasteiger partial charge in [0.05, 0.1) is 18.6 Å². The predicted octanol–water partition coefficient (Wildman–Crippen LogP) is 5.17. The molecule has 0 unspecified atom stereocenters. The van der Waals surface area contributed by atoms with Gasteiger partial charge in [0, 0.05) is 33.4 Å². The summed E-state index contributed by atoms with van der Waals surface area (Å²) in [5.41, 5.74) is 4.36. The number of ketones is 1. The van der Waals surface area contributed by atoms with Gasteiger partial charge in [0.15, 0.2) is 5.78 Å². The third-order valence-electron chi connectivity index (χ3n) is 5.71. The van der Waals surface area contributed by atoms with Crippen LogP contribution in [0.1, 0.15) is 43.2 Å². The van der Waals surface area contributed by atoms with E-state index in [2.05, 4.69) is 21.2 Å². The Kier molecular flexibility index (Phi) is 6.28. The molecule has 1 atom stereocenters. The molecular formula is C25H24BrNO4. The van der Waals surface area contributed by atoms with Crippen molar-refractivity contribution in [3.05, 3.63) is 86.7 Å². The van der Waals surface area contributed by atoms with E-state index in [1.165, 1.54) is 0 Å². The van der Waals surface area contributed by atoms with Gasteiger partial charge in [0.25, 0.3) is 0 Å². The molecule has 2 aliphatic rings. The number of hydrogen-bond donors (Lipinski definition) is 1. The predicted molar refractivity (Wildman–Crippen MR) is 121 cm³/mol. The number of allylic oxidation sites excluding steroid dienone is 3. The van der Waals surface area contributed by atoms with Crippen molar-refractivity contribution in [3.63, 3.8) is 0 Å². The number of esters is 1. The standard InChI is InChI=1S/C25H24BrNO4/c1-15-22(25(29)31-14-16-7-4-3-5-8-16)23(18-13-17(26)11-12-21(18)30-2)24-19(27-15)9-6-10-20(24)28/h3-5,7-8,11-13,23,27H,6,9-10,14H2,1-2H3/t23-/m1/s1. The maximum absolute atomic E-state index is 13.3. The van der Waals surface area contributed by atoms with E-state index in [1.54, 1.807) is 7.11 Å². The Morgan fingerprint density at radius 2 is 1.94 bits per heavy atom. The summed E-state index contributed by atoms with van der Waals surface area (Å²) in [6.45, 7) is 2.03. The van der Waals surface area contributed by atoms with E-state index in [0.717, 1.165) is 34.1 Å². The summed E-state index contributed by atoms with van der Waals surface area (Å²) < 4.78 is 12.1. The zero-order valence-electron chi connectivity index (χ0n) is 17.5. The van der Waals surface area contributed by atoms with Crippen molar-refractivity contribution in [1.29, 1.82) is 0 Å². The lowest BCUT2D eigenvalue weighted by Crippen LogP contribution is -2.34. The summed E-state index contributed by atoms with van der Waals surface area (Å²) >= 11 is 3.52. The van der Waals surface area contributed by atoms with Gasteiger partial charge in [0.1, 0.15) is 12.4 Å². The molecule has 0 aromatic heterocycles. The second kappa shape index (κ2) is 9.10. The number of halogens is 1. The second-order valence-corrected chi connectivity index (χ2v) is 8.63. The third-order valence-corrected chi connectivity index (χ3v) is 6.20. The topological polar surface area (TPSA) is 64.6 Å². The normalized spacial score (nSPS) is 18.4. The van der Waals surface area contributed by atoms with Crippen molar-refractivity contribution in [1.82, 2.24) is 5.32 Å².